The van der Waals surface area contributed by atoms with Crippen LogP contribution in [0.1, 0.15) is 45.1 Å². The molecule has 0 radical (unpaired) electrons. The topological polar surface area (TPSA) is 63.1 Å². The van der Waals surface area contributed by atoms with Crippen molar-refractivity contribution in [3.05, 3.63) is 28.7 Å². The molecule has 0 aromatic carbocycles. The molecule has 1 saturated carbocycles. The Balaban J connectivity index is 1.66. The van der Waals surface area contributed by atoms with Gasteiger partial charge >= 0.3 is 0 Å². The van der Waals surface area contributed by atoms with E-state index < -0.39 is 0 Å². The molecule has 27 heavy (non-hydrogen) atoms. The lowest BCUT2D eigenvalue weighted by molar-refractivity contribution is 0.333. The molecule has 1 aliphatic carbocycles. The predicted octanol–water partition coefficient (Wildman–Crippen LogP) is 2.27. The Morgan fingerprint density at radius 2 is 2.07 bits per heavy atom. The zero-order valence-electron chi connectivity index (χ0n) is 16.4. The van der Waals surface area contributed by atoms with Crippen LogP contribution in [-0.4, -0.2) is 51.5 Å². The highest BCUT2D eigenvalue weighted by atomic mass is 32.2. The molecule has 2 fully saturated rings. The summed E-state index contributed by atoms with van der Waals surface area (Å²) >= 11 is 1.81. The van der Waals surface area contributed by atoms with Gasteiger partial charge in [-0.1, -0.05) is 25.3 Å². The minimum atomic E-state index is -0.0134. The van der Waals surface area contributed by atoms with Crippen molar-refractivity contribution >= 4 is 36.8 Å². The molecular weight excluding hydrogens is 357 g/mol. The molecule has 2 aromatic heterocycles. The van der Waals surface area contributed by atoms with Gasteiger partial charge in [0.2, 0.25) is 5.95 Å². The maximum absolute atomic E-state index is 12.7. The quantitative estimate of drug-likeness (QED) is 0.644. The summed E-state index contributed by atoms with van der Waals surface area (Å²) in [6.07, 6.45) is 9.48. The summed E-state index contributed by atoms with van der Waals surface area (Å²) in [6.45, 7) is 4.36. The Kier molecular flexibility index (Phi) is 5.20. The van der Waals surface area contributed by atoms with Gasteiger partial charge in [0.05, 0.1) is 0 Å². The Hall–Kier alpha value is -1.54. The minimum absolute atomic E-state index is 0.0134. The fourth-order valence-electron chi connectivity index (χ4n) is 4.49. The summed E-state index contributed by atoms with van der Waals surface area (Å²) in [4.78, 5) is 22.0. The first-order valence-corrected chi connectivity index (χ1v) is 11.1. The van der Waals surface area contributed by atoms with Crippen molar-refractivity contribution in [2.45, 2.75) is 50.5 Å². The van der Waals surface area contributed by atoms with Gasteiger partial charge < -0.3 is 5.32 Å². The lowest BCUT2D eigenvalue weighted by Crippen LogP contribution is -2.48. The van der Waals surface area contributed by atoms with Crippen LogP contribution in [0.15, 0.2) is 23.1 Å². The number of rotatable bonds is 4. The van der Waals surface area contributed by atoms with E-state index in [1.54, 1.807) is 6.07 Å². The summed E-state index contributed by atoms with van der Waals surface area (Å²) in [5.74, 6) is 1.14. The molecule has 3 heterocycles. The van der Waals surface area contributed by atoms with Gasteiger partial charge in [0.1, 0.15) is 13.5 Å². The number of fused-ring (bicyclic) bond motifs is 1. The standard InChI is InChI=1S/C19H28BN5OS/c1-13-4-3-5-15(13)25-16(26)7-6-14-12-21-18(22-17(14)25)23-19(20)8-10-24(27-2)11-9-19/h6-7,12-13,15H,3-5,8-11,20H2,1-2H3,(H,21,22,23). The first-order chi connectivity index (χ1) is 13.0. The Bertz CT molecular complexity index is 880. The number of aromatic nitrogens is 3. The van der Waals surface area contributed by atoms with Crippen LogP contribution >= 0.6 is 11.9 Å². The molecule has 0 amide bonds. The van der Waals surface area contributed by atoms with Crippen molar-refractivity contribution in [2.24, 2.45) is 5.92 Å². The highest BCUT2D eigenvalue weighted by Crippen LogP contribution is 2.35. The largest absolute Gasteiger partial charge is 0.356 e. The maximum atomic E-state index is 12.7. The number of piperidine rings is 1. The van der Waals surface area contributed by atoms with E-state index in [9.17, 15) is 4.79 Å². The van der Waals surface area contributed by atoms with Gasteiger partial charge in [-0.2, -0.15) is 4.98 Å². The second kappa shape index (κ2) is 7.47. The average Bonchev–Trinajstić information content (AvgIpc) is 3.07. The van der Waals surface area contributed by atoms with Gasteiger partial charge in [0.15, 0.2) is 0 Å². The summed E-state index contributed by atoms with van der Waals surface area (Å²) in [7, 11) is 2.25. The molecule has 4 rings (SSSR count). The summed E-state index contributed by atoms with van der Waals surface area (Å²) in [5, 5.41) is 4.50. The molecule has 8 heteroatoms. The van der Waals surface area contributed by atoms with Crippen LogP contribution < -0.4 is 10.9 Å². The third kappa shape index (κ3) is 3.74. The zero-order chi connectivity index (χ0) is 19.0. The fourth-order valence-corrected chi connectivity index (χ4v) is 5.03. The van der Waals surface area contributed by atoms with Crippen molar-refractivity contribution in [1.82, 2.24) is 18.8 Å². The molecular formula is C19H28BN5OS. The van der Waals surface area contributed by atoms with Gasteiger partial charge in [-0.3, -0.25) is 13.7 Å². The molecule has 2 aromatic rings. The van der Waals surface area contributed by atoms with Crippen molar-refractivity contribution in [3.63, 3.8) is 0 Å². The second-order valence-electron chi connectivity index (χ2n) is 8.29. The third-order valence-corrected chi connectivity index (χ3v) is 7.19. The summed E-state index contributed by atoms with van der Waals surface area (Å²) in [5.41, 5.74) is 0.801. The van der Waals surface area contributed by atoms with Crippen LogP contribution in [0.3, 0.4) is 0 Å². The van der Waals surface area contributed by atoms with E-state index in [0.717, 1.165) is 43.4 Å². The highest BCUT2D eigenvalue weighted by molar-refractivity contribution is 7.96. The Labute approximate surface area is 165 Å². The second-order valence-corrected chi connectivity index (χ2v) is 9.17. The lowest BCUT2D eigenvalue weighted by Gasteiger charge is -2.39. The van der Waals surface area contributed by atoms with E-state index in [-0.39, 0.29) is 17.0 Å². The molecule has 0 spiro atoms. The first-order valence-electron chi connectivity index (χ1n) is 9.95. The molecule has 2 atom stereocenters. The average molecular weight is 385 g/mol. The predicted molar refractivity (Wildman–Crippen MR) is 115 cm³/mol. The number of pyridine rings is 1. The van der Waals surface area contributed by atoms with Gasteiger partial charge in [-0.05, 0) is 43.9 Å². The molecule has 1 saturated heterocycles. The van der Waals surface area contributed by atoms with Gasteiger partial charge in [-0.15, -0.1) is 0 Å². The van der Waals surface area contributed by atoms with Gasteiger partial charge in [-0.25, -0.2) is 4.98 Å². The molecule has 1 aliphatic heterocycles. The maximum Gasteiger partial charge on any atom is 0.252 e. The molecule has 2 unspecified atom stereocenters. The lowest BCUT2D eigenvalue weighted by atomic mass is 9.71. The van der Waals surface area contributed by atoms with Crippen molar-refractivity contribution in [1.29, 1.82) is 0 Å². The fraction of sp³-hybridized carbons (Fsp3) is 0.632. The third-order valence-electron chi connectivity index (χ3n) is 6.31. The highest BCUT2D eigenvalue weighted by Gasteiger charge is 2.31. The van der Waals surface area contributed by atoms with E-state index in [2.05, 4.69) is 35.6 Å². The summed E-state index contributed by atoms with van der Waals surface area (Å²) in [6, 6.07) is 3.74. The molecule has 0 bridgehead atoms. The van der Waals surface area contributed by atoms with Crippen LogP contribution in [0.2, 0.25) is 0 Å². The van der Waals surface area contributed by atoms with E-state index in [1.165, 1.54) is 12.8 Å². The van der Waals surface area contributed by atoms with Crippen molar-refractivity contribution < 1.29 is 0 Å². The number of hydrogen-bond acceptors (Lipinski definition) is 6. The van der Waals surface area contributed by atoms with E-state index >= 15 is 0 Å². The van der Waals surface area contributed by atoms with Crippen LogP contribution in [0, 0.1) is 5.92 Å². The van der Waals surface area contributed by atoms with Crippen LogP contribution in [0.25, 0.3) is 11.0 Å². The Morgan fingerprint density at radius 1 is 1.30 bits per heavy atom. The molecule has 6 nitrogen and oxygen atoms in total. The van der Waals surface area contributed by atoms with Crippen LogP contribution in [0.4, 0.5) is 5.95 Å². The minimum Gasteiger partial charge on any atom is -0.356 e. The normalized spacial score (nSPS) is 25.7. The molecule has 144 valence electrons. The monoisotopic (exact) mass is 385 g/mol. The Morgan fingerprint density at radius 3 is 2.74 bits per heavy atom. The van der Waals surface area contributed by atoms with Gasteiger partial charge in [0, 0.05) is 42.2 Å². The SMILES string of the molecule is BC1(Nc2ncc3ccc(=O)n(C4CCCC4C)c3n2)CCN(SC)CC1. The molecule has 1 N–H and O–H groups in total. The molecule has 2 aliphatic rings. The number of nitrogens with one attached hydrogen (secondary N) is 1. The zero-order valence-corrected chi connectivity index (χ0v) is 17.3. The van der Waals surface area contributed by atoms with E-state index in [4.69, 9.17) is 4.98 Å². The number of anilines is 1. The van der Waals surface area contributed by atoms with Crippen molar-refractivity contribution in [2.75, 3.05) is 24.7 Å². The van der Waals surface area contributed by atoms with Crippen LogP contribution in [-0.2, 0) is 0 Å². The van der Waals surface area contributed by atoms with Crippen LogP contribution in [0.5, 0.6) is 0 Å². The van der Waals surface area contributed by atoms with E-state index in [1.807, 2.05) is 28.8 Å². The van der Waals surface area contributed by atoms with Gasteiger partial charge in [0.25, 0.3) is 5.56 Å². The number of nitrogens with zero attached hydrogens (tertiary/aromatic N) is 4. The number of hydrogen-bond donors (Lipinski definition) is 1. The smallest absolute Gasteiger partial charge is 0.252 e. The summed E-state index contributed by atoms with van der Waals surface area (Å²) < 4.78 is 4.31. The van der Waals surface area contributed by atoms with E-state index in [0.29, 0.717) is 11.9 Å². The first kappa shape index (κ1) is 18.8. The van der Waals surface area contributed by atoms with Crippen molar-refractivity contribution in [3.8, 4) is 0 Å².